The quantitative estimate of drug-likeness (QED) is 0.314. The summed E-state index contributed by atoms with van der Waals surface area (Å²) < 4.78 is 11.4. The summed E-state index contributed by atoms with van der Waals surface area (Å²) in [4.78, 5) is 56.5. The highest BCUT2D eigenvalue weighted by Gasteiger charge is 2.27. The number of hydrogen-bond donors (Lipinski definition) is 0. The van der Waals surface area contributed by atoms with E-state index in [0.29, 0.717) is 23.4 Å². The maximum absolute atomic E-state index is 12.9. The molecule has 1 aliphatic heterocycles. The molecular formula is C22H25N3O6S2. The molecule has 1 fully saturated rings. The van der Waals surface area contributed by atoms with Crippen LogP contribution in [0.25, 0.3) is 10.2 Å². The Labute approximate surface area is 198 Å². The number of esters is 2. The van der Waals surface area contributed by atoms with Crippen LogP contribution in [0.1, 0.15) is 36.1 Å². The minimum Gasteiger partial charge on any atom is -0.466 e. The highest BCUT2D eigenvalue weighted by molar-refractivity contribution is 8.04. The first-order valence-corrected chi connectivity index (χ1v) is 12.7. The number of fused-ring (bicyclic) bond motifs is 3. The predicted molar refractivity (Wildman–Crippen MR) is 125 cm³/mol. The molecule has 0 unspecified atom stereocenters. The van der Waals surface area contributed by atoms with Gasteiger partial charge in [0.05, 0.1) is 48.7 Å². The number of methoxy groups -OCH3 is 1. The topological polar surface area (TPSA) is 108 Å². The smallest absolute Gasteiger partial charge is 0.333 e. The van der Waals surface area contributed by atoms with Gasteiger partial charge in [0.1, 0.15) is 4.83 Å². The van der Waals surface area contributed by atoms with Crippen LogP contribution < -0.4 is 5.56 Å². The van der Waals surface area contributed by atoms with Gasteiger partial charge in [-0.05, 0) is 37.7 Å². The number of thioether (sulfide) groups is 1. The van der Waals surface area contributed by atoms with Gasteiger partial charge in [0.25, 0.3) is 5.56 Å². The van der Waals surface area contributed by atoms with Gasteiger partial charge in [0.15, 0.2) is 0 Å². The summed E-state index contributed by atoms with van der Waals surface area (Å²) in [5, 5.41) is 1.24. The lowest BCUT2D eigenvalue weighted by Crippen LogP contribution is -2.27. The van der Waals surface area contributed by atoms with E-state index in [1.807, 2.05) is 0 Å². The van der Waals surface area contributed by atoms with Gasteiger partial charge in [0, 0.05) is 18.0 Å². The normalized spacial score (nSPS) is 16.9. The minimum absolute atomic E-state index is 0.0609. The molecule has 33 heavy (non-hydrogen) atoms. The second-order valence-corrected chi connectivity index (χ2v) is 9.88. The van der Waals surface area contributed by atoms with E-state index in [1.54, 1.807) is 11.3 Å². The van der Waals surface area contributed by atoms with Crippen LogP contribution in [0.4, 0.5) is 0 Å². The van der Waals surface area contributed by atoms with Crippen LogP contribution in [0.3, 0.4) is 0 Å². The van der Waals surface area contributed by atoms with Crippen molar-refractivity contribution in [3.63, 3.8) is 0 Å². The predicted octanol–water partition coefficient (Wildman–Crippen LogP) is 2.25. The van der Waals surface area contributed by atoms with E-state index in [2.05, 4.69) is 9.72 Å². The van der Waals surface area contributed by atoms with Crippen molar-refractivity contribution < 1.29 is 23.9 Å². The van der Waals surface area contributed by atoms with E-state index in [-0.39, 0.29) is 36.8 Å². The van der Waals surface area contributed by atoms with Crippen molar-refractivity contribution in [2.24, 2.45) is 0 Å². The third kappa shape index (κ3) is 5.30. The maximum Gasteiger partial charge on any atom is 0.333 e. The van der Waals surface area contributed by atoms with Gasteiger partial charge in [-0.15, -0.1) is 11.3 Å². The van der Waals surface area contributed by atoms with E-state index >= 15 is 0 Å². The third-order valence-electron chi connectivity index (χ3n) is 5.64. The van der Waals surface area contributed by atoms with Crippen molar-refractivity contribution in [1.82, 2.24) is 14.5 Å². The van der Waals surface area contributed by atoms with Crippen molar-refractivity contribution in [3.05, 3.63) is 38.2 Å². The third-order valence-corrected chi connectivity index (χ3v) is 7.87. The number of aryl methyl sites for hydroxylation is 3. The molecule has 2 aromatic heterocycles. The fourth-order valence-corrected chi connectivity index (χ4v) is 6.14. The van der Waals surface area contributed by atoms with Crippen molar-refractivity contribution >= 4 is 51.2 Å². The largest absolute Gasteiger partial charge is 0.466 e. The van der Waals surface area contributed by atoms with E-state index in [0.717, 1.165) is 36.1 Å². The summed E-state index contributed by atoms with van der Waals surface area (Å²) in [5.41, 5.74) is 1.04. The Morgan fingerprint density at radius 3 is 2.85 bits per heavy atom. The lowest BCUT2D eigenvalue weighted by Gasteiger charge is -2.16. The summed E-state index contributed by atoms with van der Waals surface area (Å²) in [6, 6.07) is 0. The average Bonchev–Trinajstić information content (AvgIpc) is 3.36. The van der Waals surface area contributed by atoms with E-state index < -0.39 is 11.9 Å². The molecule has 3 heterocycles. The average molecular weight is 492 g/mol. The second-order valence-electron chi connectivity index (χ2n) is 7.80. The molecule has 11 heteroatoms. The summed E-state index contributed by atoms with van der Waals surface area (Å²) >= 11 is 2.88. The number of nitrogens with zero attached hydrogens (tertiary/aromatic N) is 3. The number of rotatable bonds is 8. The molecule has 2 aliphatic rings. The van der Waals surface area contributed by atoms with Gasteiger partial charge in [-0.25, -0.2) is 9.78 Å². The number of amides is 1. The highest BCUT2D eigenvalue weighted by Crippen LogP contribution is 2.33. The molecule has 1 amide bonds. The van der Waals surface area contributed by atoms with E-state index in [9.17, 15) is 19.2 Å². The number of aromatic nitrogens is 2. The van der Waals surface area contributed by atoms with Crippen LogP contribution in [0.15, 0.2) is 22.2 Å². The number of carbonyl (C=O) groups is 3. The molecule has 4 rings (SSSR count). The monoisotopic (exact) mass is 491 g/mol. The van der Waals surface area contributed by atoms with E-state index in [4.69, 9.17) is 4.74 Å². The molecule has 1 aliphatic carbocycles. The zero-order valence-electron chi connectivity index (χ0n) is 18.3. The van der Waals surface area contributed by atoms with Gasteiger partial charge in [-0.3, -0.25) is 19.0 Å². The van der Waals surface area contributed by atoms with Gasteiger partial charge in [-0.1, -0.05) is 11.8 Å². The van der Waals surface area contributed by atoms with Crippen LogP contribution in [0.2, 0.25) is 0 Å². The highest BCUT2D eigenvalue weighted by atomic mass is 32.2. The van der Waals surface area contributed by atoms with Gasteiger partial charge in [0.2, 0.25) is 5.91 Å². The summed E-state index contributed by atoms with van der Waals surface area (Å²) in [6.45, 7) is 0.687. The molecular weight excluding hydrogens is 466 g/mol. The fourth-order valence-electron chi connectivity index (χ4n) is 3.96. The molecule has 0 atom stereocenters. The molecule has 0 bridgehead atoms. The Balaban J connectivity index is 1.27. The molecule has 0 spiro atoms. The Bertz CT molecular complexity index is 1170. The van der Waals surface area contributed by atoms with Crippen molar-refractivity contribution in [2.75, 3.05) is 26.0 Å². The lowest BCUT2D eigenvalue weighted by atomic mass is 9.97. The Morgan fingerprint density at radius 2 is 2.03 bits per heavy atom. The van der Waals surface area contributed by atoms with Crippen LogP contribution in [-0.2, 0) is 43.2 Å². The molecule has 1 saturated heterocycles. The lowest BCUT2D eigenvalue weighted by molar-refractivity contribution is -0.144. The standard InChI is InChI=1S/C22H25N3O6S2/c1-30-19(28)11-17-25(16(26)12-32-17)8-4-10-31-18(27)7-9-24-13-23-21-20(22(24)29)14-5-2-3-6-15(14)33-21/h11,13H,2-10,12H2,1H3/b17-11+. The van der Waals surface area contributed by atoms with Crippen LogP contribution in [0.5, 0.6) is 0 Å². The van der Waals surface area contributed by atoms with Crippen molar-refractivity contribution in [1.29, 1.82) is 0 Å². The minimum atomic E-state index is -0.519. The van der Waals surface area contributed by atoms with Crippen LogP contribution in [0, 0.1) is 0 Å². The molecule has 0 aromatic carbocycles. The van der Waals surface area contributed by atoms with Gasteiger partial charge < -0.3 is 14.4 Å². The van der Waals surface area contributed by atoms with Crippen molar-refractivity contribution in [3.8, 4) is 0 Å². The van der Waals surface area contributed by atoms with Gasteiger partial charge >= 0.3 is 11.9 Å². The van der Waals surface area contributed by atoms with Gasteiger partial charge in [-0.2, -0.15) is 0 Å². The Morgan fingerprint density at radius 1 is 1.21 bits per heavy atom. The Kier molecular flexibility index (Phi) is 7.49. The second kappa shape index (κ2) is 10.5. The number of thiophene rings is 1. The molecule has 0 radical (unpaired) electrons. The molecule has 176 valence electrons. The van der Waals surface area contributed by atoms with Crippen molar-refractivity contribution in [2.45, 2.75) is 45.1 Å². The zero-order valence-corrected chi connectivity index (χ0v) is 20.0. The van der Waals surface area contributed by atoms with Crippen LogP contribution >= 0.6 is 23.1 Å². The first-order chi connectivity index (χ1) is 16.0. The first kappa shape index (κ1) is 23.5. The zero-order chi connectivity index (χ0) is 23.4. The first-order valence-electron chi connectivity index (χ1n) is 10.9. The number of hydrogen-bond acceptors (Lipinski definition) is 9. The fraction of sp³-hybridized carbons (Fsp3) is 0.500. The molecule has 0 saturated carbocycles. The molecule has 0 N–H and O–H groups in total. The SMILES string of the molecule is COC(=O)/C=C1/SCC(=O)N1CCCOC(=O)CCn1cnc2sc3c(c2c1=O)CCCC3. The van der Waals surface area contributed by atoms with E-state index in [1.165, 1.54) is 45.6 Å². The summed E-state index contributed by atoms with van der Waals surface area (Å²) in [5.74, 6) is -0.765. The molecule has 9 nitrogen and oxygen atoms in total. The van der Waals surface area contributed by atoms with Crippen LogP contribution in [-0.4, -0.2) is 58.3 Å². The number of ether oxygens (including phenoxy) is 2. The summed E-state index contributed by atoms with van der Waals surface area (Å²) in [7, 11) is 1.28. The maximum atomic E-state index is 12.9. The molecule has 2 aromatic rings. The summed E-state index contributed by atoms with van der Waals surface area (Å²) in [6.07, 6.45) is 7.43. The number of carbonyl (C=O) groups excluding carboxylic acids is 3. The Hall–Kier alpha value is -2.66.